The van der Waals surface area contributed by atoms with Crippen LogP contribution >= 0.6 is 11.6 Å². The van der Waals surface area contributed by atoms with Gasteiger partial charge in [0.15, 0.2) is 0 Å². The highest BCUT2D eigenvalue weighted by Gasteiger charge is 2.36. The van der Waals surface area contributed by atoms with Crippen molar-refractivity contribution in [3.05, 3.63) is 34.9 Å². The zero-order chi connectivity index (χ0) is 14.8. The molecule has 4 nitrogen and oxygen atoms in total. The highest BCUT2D eigenvalue weighted by molar-refractivity contribution is 6.31. The molecule has 3 rings (SSSR count). The summed E-state index contributed by atoms with van der Waals surface area (Å²) >= 11 is 6.21. The second-order valence-corrected chi connectivity index (χ2v) is 6.18. The summed E-state index contributed by atoms with van der Waals surface area (Å²) in [5.74, 6) is -0.185. The van der Waals surface area contributed by atoms with Gasteiger partial charge >= 0.3 is 0 Å². The van der Waals surface area contributed by atoms with Gasteiger partial charge in [0.1, 0.15) is 6.10 Å². The third kappa shape index (κ3) is 3.07. The molecule has 114 valence electrons. The average Bonchev–Trinajstić information content (AvgIpc) is 2.93. The minimum atomic E-state index is -0.487. The molecule has 0 radical (unpaired) electrons. The number of ether oxygens (including phenoxy) is 1. The molecule has 21 heavy (non-hydrogen) atoms. The number of nitrogens with zero attached hydrogens (tertiary/aromatic N) is 1. The molecule has 5 heteroatoms. The second kappa shape index (κ2) is 6.34. The molecule has 0 aromatic heterocycles. The third-order valence-electron chi connectivity index (χ3n) is 4.43. The third-order valence-corrected chi connectivity index (χ3v) is 4.77. The highest BCUT2D eigenvalue weighted by atomic mass is 35.5. The Morgan fingerprint density at radius 1 is 1.33 bits per heavy atom. The highest BCUT2D eigenvalue weighted by Crippen LogP contribution is 2.31. The lowest BCUT2D eigenvalue weighted by atomic mass is 10.0. The number of morpholine rings is 1. The zero-order valence-corrected chi connectivity index (χ0v) is 12.6. The molecule has 2 fully saturated rings. The van der Waals surface area contributed by atoms with Crippen molar-refractivity contribution in [3.8, 4) is 0 Å². The van der Waals surface area contributed by atoms with E-state index < -0.39 is 6.10 Å². The molecule has 0 spiro atoms. The van der Waals surface area contributed by atoms with Crippen molar-refractivity contribution in [2.45, 2.75) is 31.5 Å². The Hall–Kier alpha value is -1.10. The molecule has 0 bridgehead atoms. The van der Waals surface area contributed by atoms with E-state index in [0.29, 0.717) is 24.7 Å². The summed E-state index contributed by atoms with van der Waals surface area (Å²) in [6, 6.07) is 7.58. The van der Waals surface area contributed by atoms with E-state index in [0.717, 1.165) is 24.8 Å². The fraction of sp³-hybridized carbons (Fsp3) is 0.562. The number of amides is 1. The van der Waals surface area contributed by atoms with Gasteiger partial charge in [0.2, 0.25) is 5.91 Å². The first-order valence-corrected chi connectivity index (χ1v) is 7.87. The average molecular weight is 310 g/mol. The minimum Gasteiger partial charge on any atom is -0.392 e. The fourth-order valence-electron chi connectivity index (χ4n) is 3.24. The normalized spacial score (nSPS) is 29.6. The predicted octanol–water partition coefficient (Wildman–Crippen LogP) is 2.40. The lowest BCUT2D eigenvalue weighted by molar-refractivity contribution is -0.146. The summed E-state index contributed by atoms with van der Waals surface area (Å²) in [7, 11) is 0. The van der Waals surface area contributed by atoms with Crippen LogP contribution in [0.25, 0.3) is 0 Å². The Labute approximate surface area is 129 Å². The Morgan fingerprint density at radius 2 is 2.14 bits per heavy atom. The smallest absolute Gasteiger partial charge is 0.228 e. The van der Waals surface area contributed by atoms with Crippen molar-refractivity contribution >= 4 is 17.5 Å². The Morgan fingerprint density at radius 3 is 2.86 bits per heavy atom. The topological polar surface area (TPSA) is 49.8 Å². The van der Waals surface area contributed by atoms with Crippen molar-refractivity contribution < 1.29 is 14.6 Å². The SMILES string of the molecule is O=C(C1CCCC1O)N1CCOC(c2ccccc2Cl)C1. The van der Waals surface area contributed by atoms with Gasteiger partial charge in [-0.15, -0.1) is 0 Å². The molecular weight excluding hydrogens is 290 g/mol. The number of aliphatic hydroxyl groups is 1. The fourth-order valence-corrected chi connectivity index (χ4v) is 3.49. The summed E-state index contributed by atoms with van der Waals surface area (Å²) < 4.78 is 5.77. The van der Waals surface area contributed by atoms with Gasteiger partial charge < -0.3 is 14.7 Å². The summed E-state index contributed by atoms with van der Waals surface area (Å²) in [6.07, 6.45) is 1.77. The molecule has 1 heterocycles. The van der Waals surface area contributed by atoms with Crippen LogP contribution in [0.4, 0.5) is 0 Å². The van der Waals surface area contributed by atoms with Crippen LogP contribution in [0.3, 0.4) is 0 Å². The Balaban J connectivity index is 1.71. The summed E-state index contributed by atoms with van der Waals surface area (Å²) in [5.41, 5.74) is 0.920. The van der Waals surface area contributed by atoms with Gasteiger partial charge in [-0.1, -0.05) is 29.8 Å². The molecule has 1 aliphatic carbocycles. The molecule has 1 saturated carbocycles. The number of carbonyl (C=O) groups excluding carboxylic acids is 1. The summed E-state index contributed by atoms with van der Waals surface area (Å²) in [4.78, 5) is 14.4. The predicted molar refractivity (Wildman–Crippen MR) is 80.1 cm³/mol. The van der Waals surface area contributed by atoms with E-state index >= 15 is 0 Å². The van der Waals surface area contributed by atoms with Gasteiger partial charge in [0.25, 0.3) is 0 Å². The van der Waals surface area contributed by atoms with Crippen molar-refractivity contribution in [1.29, 1.82) is 0 Å². The van der Waals surface area contributed by atoms with E-state index in [4.69, 9.17) is 16.3 Å². The van der Waals surface area contributed by atoms with Crippen LogP contribution in [-0.2, 0) is 9.53 Å². The number of rotatable bonds is 2. The van der Waals surface area contributed by atoms with E-state index in [1.807, 2.05) is 29.2 Å². The summed E-state index contributed by atoms with van der Waals surface area (Å²) in [6.45, 7) is 1.60. The van der Waals surface area contributed by atoms with Gasteiger partial charge in [-0.05, 0) is 25.3 Å². The van der Waals surface area contributed by atoms with Crippen LogP contribution in [0.15, 0.2) is 24.3 Å². The van der Waals surface area contributed by atoms with Gasteiger partial charge in [-0.3, -0.25) is 4.79 Å². The molecule has 1 aliphatic heterocycles. The second-order valence-electron chi connectivity index (χ2n) is 5.77. The largest absolute Gasteiger partial charge is 0.392 e. The Bertz CT molecular complexity index is 522. The number of hydrogen-bond donors (Lipinski definition) is 1. The number of aliphatic hydroxyl groups excluding tert-OH is 1. The van der Waals surface area contributed by atoms with Gasteiger partial charge in [0.05, 0.1) is 25.2 Å². The maximum atomic E-state index is 12.5. The van der Waals surface area contributed by atoms with Crippen LogP contribution in [0.5, 0.6) is 0 Å². The monoisotopic (exact) mass is 309 g/mol. The number of benzene rings is 1. The molecule has 1 aromatic rings. The van der Waals surface area contributed by atoms with Crippen LogP contribution in [0.2, 0.25) is 5.02 Å². The minimum absolute atomic E-state index is 0.0559. The standard InChI is InChI=1S/C16H20ClNO3/c17-13-6-2-1-4-11(13)15-10-18(8-9-21-15)16(20)12-5-3-7-14(12)19/h1-2,4,6,12,14-15,19H,3,5,7-10H2. The number of carbonyl (C=O) groups is 1. The van der Waals surface area contributed by atoms with Crippen molar-refractivity contribution in [2.24, 2.45) is 5.92 Å². The molecule has 1 amide bonds. The van der Waals surface area contributed by atoms with Crippen LogP contribution in [-0.4, -0.2) is 41.7 Å². The van der Waals surface area contributed by atoms with Gasteiger partial charge in [0, 0.05) is 17.1 Å². The summed E-state index contributed by atoms with van der Waals surface area (Å²) in [5, 5.41) is 10.6. The molecule has 1 aromatic carbocycles. The van der Waals surface area contributed by atoms with Crippen LogP contribution < -0.4 is 0 Å². The van der Waals surface area contributed by atoms with Gasteiger partial charge in [-0.2, -0.15) is 0 Å². The maximum absolute atomic E-state index is 12.5. The van der Waals surface area contributed by atoms with Crippen molar-refractivity contribution in [1.82, 2.24) is 4.90 Å². The van der Waals surface area contributed by atoms with E-state index in [-0.39, 0.29) is 17.9 Å². The Kier molecular flexibility index (Phi) is 4.48. The first kappa shape index (κ1) is 14.8. The van der Waals surface area contributed by atoms with Crippen molar-refractivity contribution in [2.75, 3.05) is 19.7 Å². The number of hydrogen-bond acceptors (Lipinski definition) is 3. The van der Waals surface area contributed by atoms with Crippen molar-refractivity contribution in [3.63, 3.8) is 0 Å². The van der Waals surface area contributed by atoms with E-state index in [2.05, 4.69) is 0 Å². The van der Waals surface area contributed by atoms with Crippen LogP contribution in [0.1, 0.15) is 30.9 Å². The molecule has 2 aliphatic rings. The molecule has 1 N–H and O–H groups in total. The molecule has 3 unspecified atom stereocenters. The van der Waals surface area contributed by atoms with E-state index in [1.165, 1.54) is 0 Å². The molecular formula is C16H20ClNO3. The molecule has 3 atom stereocenters. The maximum Gasteiger partial charge on any atom is 0.228 e. The van der Waals surface area contributed by atoms with E-state index in [1.54, 1.807) is 0 Å². The number of halogens is 1. The lowest BCUT2D eigenvalue weighted by Gasteiger charge is -2.35. The lowest BCUT2D eigenvalue weighted by Crippen LogP contribution is -2.46. The van der Waals surface area contributed by atoms with Crippen LogP contribution in [0, 0.1) is 5.92 Å². The zero-order valence-electron chi connectivity index (χ0n) is 11.9. The first-order chi connectivity index (χ1) is 10.2. The quantitative estimate of drug-likeness (QED) is 0.912. The van der Waals surface area contributed by atoms with E-state index in [9.17, 15) is 9.90 Å². The molecule has 1 saturated heterocycles. The van der Waals surface area contributed by atoms with Gasteiger partial charge in [-0.25, -0.2) is 0 Å². The first-order valence-electron chi connectivity index (χ1n) is 7.49.